The van der Waals surface area contributed by atoms with Crippen LogP contribution in [0, 0.1) is 0 Å². The maximum atomic E-state index is 5.38. The van der Waals surface area contributed by atoms with E-state index in [4.69, 9.17) is 4.74 Å². The van der Waals surface area contributed by atoms with E-state index in [0.717, 1.165) is 18.6 Å². The van der Waals surface area contributed by atoms with Gasteiger partial charge in [0.05, 0.1) is 7.11 Å². The van der Waals surface area contributed by atoms with E-state index in [0.29, 0.717) is 0 Å². The molecule has 0 radical (unpaired) electrons. The Morgan fingerprint density at radius 3 is 1.79 bits per heavy atom. The van der Waals surface area contributed by atoms with E-state index in [1.54, 1.807) is 7.11 Å². The molecule has 1 aliphatic rings. The van der Waals surface area contributed by atoms with Crippen LogP contribution in [0.4, 0.5) is 0 Å². The minimum atomic E-state index is 0.880. The molecule has 144 valence electrons. The Morgan fingerprint density at radius 2 is 1.32 bits per heavy atom. The molecule has 0 aromatic heterocycles. The number of allylic oxidation sites excluding steroid dienone is 5. The number of hydrogen-bond acceptors (Lipinski definition) is 1. The molecule has 1 aliphatic carbocycles. The molecule has 0 bridgehead atoms. The second-order valence-corrected chi connectivity index (χ2v) is 7.21. The van der Waals surface area contributed by atoms with E-state index in [9.17, 15) is 0 Å². The molecule has 0 spiro atoms. The fourth-order valence-electron chi connectivity index (χ4n) is 3.70. The fraction of sp³-hybridized carbons (Fsp3) is 0.269. The van der Waals surface area contributed by atoms with E-state index in [1.165, 1.54) is 39.1 Å². The number of methoxy groups -OCH3 is 1. The van der Waals surface area contributed by atoms with Gasteiger partial charge in [0.25, 0.3) is 0 Å². The third-order valence-electron chi connectivity index (χ3n) is 5.26. The largest absolute Gasteiger partial charge is 0.497 e. The molecule has 0 fully saturated rings. The number of rotatable bonds is 5. The monoisotopic (exact) mass is 372 g/mol. The molecule has 3 rings (SSSR count). The van der Waals surface area contributed by atoms with Crippen LogP contribution >= 0.6 is 0 Å². The summed E-state index contributed by atoms with van der Waals surface area (Å²) in [5.74, 6) is 0.880. The van der Waals surface area contributed by atoms with Gasteiger partial charge < -0.3 is 4.74 Å². The van der Waals surface area contributed by atoms with Crippen molar-refractivity contribution in [1.29, 1.82) is 0 Å². The van der Waals surface area contributed by atoms with Crippen LogP contribution in [0.2, 0.25) is 0 Å². The van der Waals surface area contributed by atoms with Crippen LogP contribution in [0.3, 0.4) is 0 Å². The zero-order chi connectivity index (χ0) is 20.1. The predicted molar refractivity (Wildman–Crippen MR) is 119 cm³/mol. The van der Waals surface area contributed by atoms with Crippen LogP contribution in [-0.4, -0.2) is 31.5 Å². The number of ether oxygens (including phenoxy) is 1. The molecule has 2 heteroatoms. The molecule has 2 aromatic rings. The van der Waals surface area contributed by atoms with Crippen molar-refractivity contribution in [3.8, 4) is 5.75 Å². The topological polar surface area (TPSA) is 12.2 Å². The van der Waals surface area contributed by atoms with Gasteiger partial charge >= 0.3 is 0 Å². The lowest BCUT2D eigenvalue weighted by Gasteiger charge is -2.23. The molecule has 2 aromatic carbocycles. The second kappa shape index (κ2) is 8.88. The van der Waals surface area contributed by atoms with Crippen LogP contribution in [-0.2, 0) is 0 Å². The molecule has 0 amide bonds. The van der Waals surface area contributed by atoms with Gasteiger partial charge in [0.15, 0.2) is 5.71 Å². The summed E-state index contributed by atoms with van der Waals surface area (Å²) in [7, 11) is 5.93. The standard InChI is InChI=1S/C26H30NO/c1-6-19-17-23(27(3)4)18-20(7-2)25(19)26(21-11-9-8-10-12-21)22-13-15-24(28-5)16-14-22/h8-18H,6-7H2,1-5H3/q+1. The first-order valence-electron chi connectivity index (χ1n) is 9.99. The van der Waals surface area contributed by atoms with E-state index in [2.05, 4.69) is 87.1 Å². The van der Waals surface area contributed by atoms with Gasteiger partial charge in [-0.05, 0) is 58.4 Å². The third-order valence-corrected chi connectivity index (χ3v) is 5.26. The summed E-state index contributed by atoms with van der Waals surface area (Å²) in [4.78, 5) is 0. The van der Waals surface area contributed by atoms with Crippen molar-refractivity contribution < 1.29 is 9.31 Å². The highest BCUT2D eigenvalue weighted by Crippen LogP contribution is 2.39. The van der Waals surface area contributed by atoms with Gasteiger partial charge in [-0.25, -0.2) is 4.58 Å². The Bertz CT molecular complexity index is 927. The van der Waals surface area contributed by atoms with Gasteiger partial charge in [-0.1, -0.05) is 56.3 Å². The van der Waals surface area contributed by atoms with E-state index < -0.39 is 0 Å². The molecule has 0 saturated carbocycles. The summed E-state index contributed by atoms with van der Waals surface area (Å²) in [6.07, 6.45) is 6.66. The first-order chi connectivity index (χ1) is 13.6. The third kappa shape index (κ3) is 4.01. The minimum Gasteiger partial charge on any atom is -0.497 e. The highest BCUT2D eigenvalue weighted by Gasteiger charge is 2.23. The molecule has 0 unspecified atom stereocenters. The molecule has 28 heavy (non-hydrogen) atoms. The van der Waals surface area contributed by atoms with Gasteiger partial charge in [0.2, 0.25) is 0 Å². The average molecular weight is 373 g/mol. The van der Waals surface area contributed by atoms with Crippen LogP contribution in [0.25, 0.3) is 5.57 Å². The van der Waals surface area contributed by atoms with Crippen LogP contribution < -0.4 is 4.74 Å². The summed E-state index contributed by atoms with van der Waals surface area (Å²) >= 11 is 0. The molecular formula is C26H30NO+. The van der Waals surface area contributed by atoms with Gasteiger partial charge in [-0.2, -0.15) is 0 Å². The predicted octanol–water partition coefficient (Wildman–Crippen LogP) is 5.90. The summed E-state index contributed by atoms with van der Waals surface area (Å²) in [6, 6.07) is 19.1. The van der Waals surface area contributed by atoms with Gasteiger partial charge in [0.1, 0.15) is 19.8 Å². The Hall–Kier alpha value is -2.87. The average Bonchev–Trinajstić information content (AvgIpc) is 2.75. The lowest BCUT2D eigenvalue weighted by Crippen LogP contribution is -2.15. The van der Waals surface area contributed by atoms with Gasteiger partial charge in [-0.15, -0.1) is 0 Å². The van der Waals surface area contributed by atoms with Crippen molar-refractivity contribution in [1.82, 2.24) is 0 Å². The smallest absolute Gasteiger partial charge is 0.200 e. The molecular weight excluding hydrogens is 342 g/mol. The van der Waals surface area contributed by atoms with Crippen molar-refractivity contribution in [2.24, 2.45) is 0 Å². The van der Waals surface area contributed by atoms with E-state index in [-0.39, 0.29) is 0 Å². The van der Waals surface area contributed by atoms with Crippen LogP contribution in [0.15, 0.2) is 83.5 Å². The molecule has 0 atom stereocenters. The minimum absolute atomic E-state index is 0.880. The number of benzene rings is 2. The fourth-order valence-corrected chi connectivity index (χ4v) is 3.70. The summed E-state index contributed by atoms with van der Waals surface area (Å²) in [6.45, 7) is 4.49. The number of hydrogen-bond donors (Lipinski definition) is 0. The van der Waals surface area contributed by atoms with Gasteiger partial charge in [-0.3, -0.25) is 0 Å². The molecule has 0 heterocycles. The Labute approximate surface area is 169 Å². The summed E-state index contributed by atoms with van der Waals surface area (Å²) in [5.41, 5.74) is 9.16. The maximum absolute atomic E-state index is 5.38. The summed E-state index contributed by atoms with van der Waals surface area (Å²) < 4.78 is 7.57. The maximum Gasteiger partial charge on any atom is 0.200 e. The van der Waals surface area contributed by atoms with Crippen LogP contribution in [0.1, 0.15) is 37.8 Å². The Kier molecular flexibility index (Phi) is 6.30. The van der Waals surface area contributed by atoms with E-state index >= 15 is 0 Å². The first-order valence-corrected chi connectivity index (χ1v) is 9.99. The van der Waals surface area contributed by atoms with E-state index in [1.807, 2.05) is 12.1 Å². The quantitative estimate of drug-likeness (QED) is 0.596. The van der Waals surface area contributed by atoms with Crippen molar-refractivity contribution in [3.05, 3.63) is 94.6 Å². The zero-order valence-electron chi connectivity index (χ0n) is 17.6. The van der Waals surface area contributed by atoms with Crippen molar-refractivity contribution in [2.75, 3.05) is 21.2 Å². The SMILES string of the molecule is CCC1=CC(=[N+](C)C)C=C(CC)C1=C(c1ccccc1)c1ccc(OC)cc1. The van der Waals surface area contributed by atoms with Crippen molar-refractivity contribution >= 4 is 11.3 Å². The lowest BCUT2D eigenvalue weighted by atomic mass is 9.80. The van der Waals surface area contributed by atoms with Crippen LogP contribution in [0.5, 0.6) is 5.75 Å². The number of nitrogens with zero attached hydrogens (tertiary/aromatic N) is 1. The highest BCUT2D eigenvalue weighted by atomic mass is 16.5. The summed E-state index contributed by atoms with van der Waals surface area (Å²) in [5, 5.41) is 0. The Balaban J connectivity index is 2.33. The Morgan fingerprint density at radius 1 is 0.786 bits per heavy atom. The molecule has 0 N–H and O–H groups in total. The van der Waals surface area contributed by atoms with Gasteiger partial charge in [0, 0.05) is 12.2 Å². The van der Waals surface area contributed by atoms with Crippen molar-refractivity contribution in [2.45, 2.75) is 26.7 Å². The molecule has 0 saturated heterocycles. The second-order valence-electron chi connectivity index (χ2n) is 7.21. The highest BCUT2D eigenvalue weighted by molar-refractivity contribution is 6.06. The lowest BCUT2D eigenvalue weighted by molar-refractivity contribution is -0.462. The normalized spacial score (nSPS) is 13.8. The molecule has 0 aliphatic heterocycles. The molecule has 2 nitrogen and oxygen atoms in total. The van der Waals surface area contributed by atoms with Crippen molar-refractivity contribution in [3.63, 3.8) is 0 Å². The first kappa shape index (κ1) is 19.9. The zero-order valence-corrected chi connectivity index (χ0v) is 17.6.